The van der Waals surface area contributed by atoms with Crippen LogP contribution < -0.4 is 10.5 Å². The standard InChI is InChI=1S/C27H25N3O2/c1-16(2)18(4)27(32)29-12-11-19-6-8-21(14-24(19)29)30-25(31)10-7-20-15-28-23-9-5-17(3)13-22(23)26(20)30/h5-10,13-15H,11-12H2,1-4H3. The number of fused-ring (bicyclic) bond motifs is 4. The highest BCUT2D eigenvalue weighted by molar-refractivity contribution is 6.07. The summed E-state index contributed by atoms with van der Waals surface area (Å²) in [5.74, 6) is 0.0245. The number of benzene rings is 2. The van der Waals surface area contributed by atoms with Crippen LogP contribution in [-0.2, 0) is 11.2 Å². The van der Waals surface area contributed by atoms with Gasteiger partial charge in [0, 0.05) is 40.8 Å². The number of hydrogen-bond acceptors (Lipinski definition) is 3. The van der Waals surface area contributed by atoms with E-state index < -0.39 is 0 Å². The van der Waals surface area contributed by atoms with Gasteiger partial charge in [-0.1, -0.05) is 23.3 Å². The molecule has 5 rings (SSSR count). The molecule has 0 radical (unpaired) electrons. The Bertz CT molecular complexity index is 1510. The first-order valence-electron chi connectivity index (χ1n) is 10.9. The van der Waals surface area contributed by atoms with Crippen LogP contribution in [0.4, 0.5) is 5.69 Å². The summed E-state index contributed by atoms with van der Waals surface area (Å²) in [6.45, 7) is 8.47. The Hall–Kier alpha value is -3.73. The van der Waals surface area contributed by atoms with Crippen molar-refractivity contribution in [2.45, 2.75) is 34.1 Å². The van der Waals surface area contributed by atoms with Gasteiger partial charge in [-0.2, -0.15) is 0 Å². The Morgan fingerprint density at radius 1 is 1.00 bits per heavy atom. The molecule has 160 valence electrons. The third-order valence-electron chi connectivity index (χ3n) is 6.41. The summed E-state index contributed by atoms with van der Waals surface area (Å²) >= 11 is 0. The average molecular weight is 424 g/mol. The smallest absolute Gasteiger partial charge is 0.255 e. The summed E-state index contributed by atoms with van der Waals surface area (Å²) < 4.78 is 1.74. The molecule has 32 heavy (non-hydrogen) atoms. The molecule has 2 aromatic heterocycles. The minimum atomic E-state index is -0.109. The van der Waals surface area contributed by atoms with E-state index in [0.717, 1.165) is 61.9 Å². The number of allylic oxidation sites excluding steroid dienone is 1. The molecule has 0 fully saturated rings. The van der Waals surface area contributed by atoms with Crippen LogP contribution in [-0.4, -0.2) is 22.0 Å². The molecule has 0 aliphatic carbocycles. The van der Waals surface area contributed by atoms with Crippen molar-refractivity contribution in [1.82, 2.24) is 9.55 Å². The fraction of sp³-hybridized carbons (Fsp3) is 0.222. The van der Waals surface area contributed by atoms with Crippen LogP contribution in [0.3, 0.4) is 0 Å². The van der Waals surface area contributed by atoms with Crippen molar-refractivity contribution >= 4 is 33.4 Å². The van der Waals surface area contributed by atoms with E-state index in [9.17, 15) is 9.59 Å². The maximum absolute atomic E-state index is 13.1. The van der Waals surface area contributed by atoms with Crippen molar-refractivity contribution in [3.8, 4) is 5.69 Å². The van der Waals surface area contributed by atoms with Gasteiger partial charge in [0.1, 0.15) is 0 Å². The van der Waals surface area contributed by atoms with Crippen molar-refractivity contribution in [2.75, 3.05) is 11.4 Å². The van der Waals surface area contributed by atoms with Crippen LogP contribution in [0.2, 0.25) is 0 Å². The second kappa shape index (κ2) is 7.45. The molecule has 3 heterocycles. The molecule has 0 saturated heterocycles. The first kappa shape index (κ1) is 20.2. The lowest BCUT2D eigenvalue weighted by Gasteiger charge is -2.20. The lowest BCUT2D eigenvalue weighted by Crippen LogP contribution is -2.30. The summed E-state index contributed by atoms with van der Waals surface area (Å²) in [5, 5.41) is 1.84. The normalized spacial score (nSPS) is 12.9. The zero-order chi connectivity index (χ0) is 22.6. The first-order valence-corrected chi connectivity index (χ1v) is 10.9. The van der Waals surface area contributed by atoms with Crippen molar-refractivity contribution in [2.24, 2.45) is 0 Å². The molecule has 0 unspecified atom stereocenters. The molecular weight excluding hydrogens is 398 g/mol. The molecular formula is C27H25N3O2. The number of anilines is 1. The molecule has 0 N–H and O–H groups in total. The van der Waals surface area contributed by atoms with Crippen molar-refractivity contribution in [3.05, 3.63) is 87.4 Å². The van der Waals surface area contributed by atoms with Gasteiger partial charge in [0.2, 0.25) is 0 Å². The molecule has 1 amide bonds. The largest absolute Gasteiger partial charge is 0.308 e. The minimum absolute atomic E-state index is 0.0245. The monoisotopic (exact) mass is 423 g/mol. The summed E-state index contributed by atoms with van der Waals surface area (Å²) in [4.78, 5) is 32.6. The molecule has 1 aliphatic heterocycles. The Kier molecular flexibility index (Phi) is 4.70. The van der Waals surface area contributed by atoms with Crippen LogP contribution in [0, 0.1) is 6.92 Å². The number of hydrogen-bond donors (Lipinski definition) is 0. The lowest BCUT2D eigenvalue weighted by atomic mass is 10.1. The van der Waals surface area contributed by atoms with E-state index in [1.165, 1.54) is 0 Å². The van der Waals surface area contributed by atoms with Crippen molar-refractivity contribution < 1.29 is 4.79 Å². The number of carbonyl (C=O) groups excluding carboxylic acids is 1. The van der Waals surface area contributed by atoms with E-state index in [2.05, 4.69) is 11.1 Å². The molecule has 0 bridgehead atoms. The Morgan fingerprint density at radius 2 is 1.81 bits per heavy atom. The lowest BCUT2D eigenvalue weighted by molar-refractivity contribution is -0.115. The molecule has 1 aliphatic rings. The maximum Gasteiger partial charge on any atom is 0.255 e. The highest BCUT2D eigenvalue weighted by Crippen LogP contribution is 2.33. The second-order valence-corrected chi connectivity index (χ2v) is 8.73. The number of nitrogens with zero attached hydrogens (tertiary/aromatic N) is 3. The van der Waals surface area contributed by atoms with E-state index in [1.807, 2.05) is 75.2 Å². The average Bonchev–Trinajstić information content (AvgIpc) is 3.21. The van der Waals surface area contributed by atoms with Gasteiger partial charge in [0.15, 0.2) is 0 Å². The third kappa shape index (κ3) is 3.12. The number of carbonyl (C=O) groups is 1. The Balaban J connectivity index is 1.76. The highest BCUT2D eigenvalue weighted by atomic mass is 16.2. The van der Waals surface area contributed by atoms with Crippen LogP contribution in [0.25, 0.3) is 27.5 Å². The van der Waals surface area contributed by atoms with Gasteiger partial charge in [-0.3, -0.25) is 19.1 Å². The maximum atomic E-state index is 13.1. The predicted molar refractivity (Wildman–Crippen MR) is 130 cm³/mol. The van der Waals surface area contributed by atoms with Crippen molar-refractivity contribution in [1.29, 1.82) is 0 Å². The van der Waals surface area contributed by atoms with Crippen LogP contribution in [0.5, 0.6) is 0 Å². The molecule has 4 aromatic rings. The van der Waals surface area contributed by atoms with Gasteiger partial charge in [-0.25, -0.2) is 0 Å². The van der Waals surface area contributed by atoms with E-state index in [4.69, 9.17) is 0 Å². The summed E-state index contributed by atoms with van der Waals surface area (Å²) in [6, 6.07) is 15.5. The second-order valence-electron chi connectivity index (χ2n) is 8.73. The van der Waals surface area contributed by atoms with Gasteiger partial charge in [-0.05, 0) is 70.0 Å². The Morgan fingerprint density at radius 3 is 2.59 bits per heavy atom. The van der Waals surface area contributed by atoms with E-state index >= 15 is 0 Å². The molecule has 2 aromatic carbocycles. The number of aryl methyl sites for hydroxylation is 1. The van der Waals surface area contributed by atoms with Crippen LogP contribution >= 0.6 is 0 Å². The van der Waals surface area contributed by atoms with E-state index in [1.54, 1.807) is 10.6 Å². The molecule has 0 saturated carbocycles. The van der Waals surface area contributed by atoms with E-state index in [0.29, 0.717) is 6.54 Å². The van der Waals surface area contributed by atoms with Gasteiger partial charge in [0.05, 0.1) is 16.7 Å². The summed E-state index contributed by atoms with van der Waals surface area (Å²) in [7, 11) is 0. The van der Waals surface area contributed by atoms with Gasteiger partial charge in [-0.15, -0.1) is 0 Å². The number of aromatic nitrogens is 2. The first-order chi connectivity index (χ1) is 15.3. The third-order valence-corrected chi connectivity index (χ3v) is 6.41. The highest BCUT2D eigenvalue weighted by Gasteiger charge is 2.26. The van der Waals surface area contributed by atoms with Crippen LogP contribution in [0.15, 0.2) is 70.7 Å². The summed E-state index contributed by atoms with van der Waals surface area (Å²) in [6.07, 6.45) is 2.62. The van der Waals surface area contributed by atoms with E-state index in [-0.39, 0.29) is 11.5 Å². The van der Waals surface area contributed by atoms with Crippen molar-refractivity contribution in [3.63, 3.8) is 0 Å². The summed E-state index contributed by atoms with van der Waals surface area (Å²) in [5.41, 5.74) is 7.22. The Labute approximate surface area is 186 Å². The SMILES string of the molecule is CC(C)=C(C)C(=O)N1CCc2ccc(-n3c(=O)ccc4cnc5ccc(C)cc5c43)cc21. The minimum Gasteiger partial charge on any atom is -0.308 e. The number of rotatable bonds is 2. The van der Waals surface area contributed by atoms with Gasteiger partial charge >= 0.3 is 0 Å². The molecule has 5 heteroatoms. The quantitative estimate of drug-likeness (QED) is 0.333. The zero-order valence-electron chi connectivity index (χ0n) is 18.8. The fourth-order valence-electron chi connectivity index (χ4n) is 4.42. The van der Waals surface area contributed by atoms with Gasteiger partial charge < -0.3 is 4.90 Å². The van der Waals surface area contributed by atoms with Crippen LogP contribution in [0.1, 0.15) is 31.9 Å². The topological polar surface area (TPSA) is 55.2 Å². The number of amides is 1. The number of pyridine rings is 2. The predicted octanol–water partition coefficient (Wildman–Crippen LogP) is 5.09. The zero-order valence-corrected chi connectivity index (χ0v) is 18.8. The molecule has 5 nitrogen and oxygen atoms in total. The molecule has 0 atom stereocenters. The molecule has 0 spiro atoms. The van der Waals surface area contributed by atoms with Gasteiger partial charge in [0.25, 0.3) is 11.5 Å². The fourth-order valence-corrected chi connectivity index (χ4v) is 4.42.